The van der Waals surface area contributed by atoms with E-state index in [4.69, 9.17) is 0 Å². The van der Waals surface area contributed by atoms with E-state index >= 15 is 0 Å². The van der Waals surface area contributed by atoms with Crippen molar-refractivity contribution in [3.63, 3.8) is 0 Å². The Balaban J connectivity index is 2.63. The van der Waals surface area contributed by atoms with Gasteiger partial charge in [0.25, 0.3) is 0 Å². The summed E-state index contributed by atoms with van der Waals surface area (Å²) in [5, 5.41) is 20.8. The molecular weight excluding hydrogens is 240 g/mol. The Labute approximate surface area is 113 Å². The first kappa shape index (κ1) is 13.8. The number of benzene rings is 1. The van der Waals surface area contributed by atoms with Crippen molar-refractivity contribution in [1.29, 1.82) is 0 Å². The molecule has 4 nitrogen and oxygen atoms in total. The highest BCUT2D eigenvalue weighted by Gasteiger charge is 2.25. The molecule has 0 atom stereocenters. The summed E-state index contributed by atoms with van der Waals surface area (Å²) in [6.07, 6.45) is 1.70. The lowest BCUT2D eigenvalue weighted by Gasteiger charge is -2.35. The average Bonchev–Trinajstić information content (AvgIpc) is 2.45. The number of fused-ring (bicyclic) bond motifs is 1. The van der Waals surface area contributed by atoms with Crippen LogP contribution in [-0.4, -0.2) is 34.4 Å². The second kappa shape index (κ2) is 5.15. The van der Waals surface area contributed by atoms with E-state index in [0.29, 0.717) is 0 Å². The minimum absolute atomic E-state index is 0.0269. The third-order valence-corrected chi connectivity index (χ3v) is 3.64. The highest BCUT2D eigenvalue weighted by Crippen LogP contribution is 2.30. The van der Waals surface area contributed by atoms with Crippen LogP contribution < -0.4 is 4.90 Å². The minimum Gasteiger partial charge on any atom is -0.394 e. The van der Waals surface area contributed by atoms with Gasteiger partial charge >= 0.3 is 0 Å². The molecule has 2 aromatic rings. The summed E-state index contributed by atoms with van der Waals surface area (Å²) >= 11 is 0. The number of aromatic nitrogens is 1. The Morgan fingerprint density at radius 3 is 2.37 bits per heavy atom. The largest absolute Gasteiger partial charge is 0.394 e. The van der Waals surface area contributed by atoms with E-state index in [1.807, 2.05) is 50.1 Å². The zero-order valence-electron chi connectivity index (χ0n) is 11.6. The Hall–Kier alpha value is -1.65. The van der Waals surface area contributed by atoms with Gasteiger partial charge in [-0.05, 0) is 19.2 Å². The van der Waals surface area contributed by atoms with Crippen molar-refractivity contribution < 1.29 is 10.2 Å². The highest BCUT2D eigenvalue weighted by atomic mass is 16.3. The van der Waals surface area contributed by atoms with Gasteiger partial charge < -0.3 is 15.1 Å². The first-order valence-corrected chi connectivity index (χ1v) is 6.33. The van der Waals surface area contributed by atoms with Crippen molar-refractivity contribution in [1.82, 2.24) is 4.98 Å². The highest BCUT2D eigenvalue weighted by molar-refractivity contribution is 5.94. The fraction of sp³-hybridized carbons (Fsp3) is 0.400. The summed E-state index contributed by atoms with van der Waals surface area (Å²) in [6.45, 7) is 3.94. The predicted molar refractivity (Wildman–Crippen MR) is 77.2 cm³/mol. The first-order valence-electron chi connectivity index (χ1n) is 6.33. The van der Waals surface area contributed by atoms with E-state index in [0.717, 1.165) is 22.2 Å². The van der Waals surface area contributed by atoms with Gasteiger partial charge in [-0.25, -0.2) is 4.98 Å². The third kappa shape index (κ3) is 2.41. The van der Waals surface area contributed by atoms with E-state index in [1.54, 1.807) is 6.20 Å². The molecule has 0 saturated heterocycles. The fourth-order valence-corrected chi connectivity index (χ4v) is 2.02. The second-order valence-corrected chi connectivity index (χ2v) is 5.34. The van der Waals surface area contributed by atoms with Crippen LogP contribution in [0, 0.1) is 0 Å². The smallest absolute Gasteiger partial charge is 0.136 e. The number of nitrogens with zero attached hydrogens (tertiary/aromatic N) is 2. The number of likely N-dealkylation sites (N-methyl/N-ethyl adjacent to an activating group) is 1. The van der Waals surface area contributed by atoms with Gasteiger partial charge in [0.05, 0.1) is 18.8 Å². The molecule has 102 valence electrons. The maximum atomic E-state index is 9.49. The Morgan fingerprint density at radius 2 is 1.79 bits per heavy atom. The predicted octanol–water partition coefficient (Wildman–Crippen LogP) is 1.93. The van der Waals surface area contributed by atoms with Gasteiger partial charge in [-0.1, -0.05) is 24.3 Å². The summed E-state index contributed by atoms with van der Waals surface area (Å²) in [5.74, 6) is 0.812. The van der Waals surface area contributed by atoms with Crippen molar-refractivity contribution in [2.45, 2.75) is 26.0 Å². The topological polar surface area (TPSA) is 56.6 Å². The van der Waals surface area contributed by atoms with Crippen molar-refractivity contribution in [3.05, 3.63) is 36.0 Å². The lowest BCUT2D eigenvalue weighted by atomic mass is 10.0. The van der Waals surface area contributed by atoms with Gasteiger partial charge in [0.1, 0.15) is 5.82 Å². The molecule has 4 heteroatoms. The summed E-state index contributed by atoms with van der Waals surface area (Å²) in [5.41, 5.74) is 0.422. The minimum atomic E-state index is -0.392. The van der Waals surface area contributed by atoms with Gasteiger partial charge in [-0.2, -0.15) is 0 Å². The second-order valence-electron chi connectivity index (χ2n) is 5.34. The van der Waals surface area contributed by atoms with Crippen LogP contribution >= 0.6 is 0 Å². The van der Waals surface area contributed by atoms with Gasteiger partial charge in [0, 0.05) is 24.2 Å². The van der Waals surface area contributed by atoms with Crippen LogP contribution in [0.25, 0.3) is 10.8 Å². The molecule has 0 amide bonds. The zero-order chi connectivity index (χ0) is 14.0. The number of hydrogen-bond donors (Lipinski definition) is 2. The molecule has 1 aromatic carbocycles. The van der Waals surface area contributed by atoms with E-state index < -0.39 is 5.54 Å². The molecular formula is C15H20N2O2. The van der Waals surface area contributed by atoms with Gasteiger partial charge in [-0.3, -0.25) is 0 Å². The Bertz CT molecular complexity index is 581. The number of aliphatic hydroxyl groups is 2. The van der Waals surface area contributed by atoms with E-state index in [9.17, 15) is 10.2 Å². The maximum absolute atomic E-state index is 9.49. The normalized spacial score (nSPS) is 11.8. The quantitative estimate of drug-likeness (QED) is 0.882. The number of anilines is 1. The molecule has 19 heavy (non-hydrogen) atoms. The van der Waals surface area contributed by atoms with Crippen LogP contribution in [0.15, 0.2) is 30.5 Å². The van der Waals surface area contributed by atoms with Gasteiger partial charge in [0.2, 0.25) is 0 Å². The van der Waals surface area contributed by atoms with Crippen LogP contribution in [-0.2, 0) is 6.61 Å². The molecule has 0 bridgehead atoms. The number of aliphatic hydroxyl groups excluding tert-OH is 2. The molecule has 0 fully saturated rings. The van der Waals surface area contributed by atoms with Crippen LogP contribution in [0.2, 0.25) is 0 Å². The number of pyridine rings is 1. The van der Waals surface area contributed by atoms with E-state index in [1.165, 1.54) is 0 Å². The molecule has 1 aromatic heterocycles. The third-order valence-electron chi connectivity index (χ3n) is 3.64. The van der Waals surface area contributed by atoms with Crippen LogP contribution in [0.5, 0.6) is 0 Å². The van der Waals surface area contributed by atoms with Crippen LogP contribution in [0.1, 0.15) is 19.4 Å². The number of hydrogen-bond acceptors (Lipinski definition) is 4. The van der Waals surface area contributed by atoms with Crippen LogP contribution in [0.3, 0.4) is 0 Å². The zero-order valence-corrected chi connectivity index (χ0v) is 11.6. The molecule has 0 aliphatic heterocycles. The standard InChI is InChI=1S/C15H20N2O2/c1-15(2,10-19)17(3)14-13-7-5-4-6-12(13)11(9-18)8-16-14/h4-8,18-19H,9-10H2,1-3H3. The molecule has 0 aliphatic carbocycles. The molecule has 0 aliphatic rings. The average molecular weight is 260 g/mol. The van der Waals surface area contributed by atoms with Crippen LogP contribution in [0.4, 0.5) is 5.82 Å². The molecule has 0 spiro atoms. The monoisotopic (exact) mass is 260 g/mol. The molecule has 0 saturated carbocycles. The molecule has 0 radical (unpaired) electrons. The molecule has 2 rings (SSSR count). The molecule has 2 N–H and O–H groups in total. The summed E-state index contributed by atoms with van der Waals surface area (Å²) in [4.78, 5) is 6.42. The maximum Gasteiger partial charge on any atom is 0.136 e. The molecule has 1 heterocycles. The van der Waals surface area contributed by atoms with Crippen molar-refractivity contribution in [2.75, 3.05) is 18.6 Å². The lowest BCUT2D eigenvalue weighted by molar-refractivity contribution is 0.216. The van der Waals surface area contributed by atoms with Gasteiger partial charge in [-0.15, -0.1) is 0 Å². The molecule has 0 unspecified atom stereocenters. The van der Waals surface area contributed by atoms with Gasteiger partial charge in [0.15, 0.2) is 0 Å². The van der Waals surface area contributed by atoms with E-state index in [2.05, 4.69) is 4.98 Å². The summed E-state index contributed by atoms with van der Waals surface area (Å²) in [6, 6.07) is 7.86. The first-order chi connectivity index (χ1) is 9.01. The fourth-order valence-electron chi connectivity index (χ4n) is 2.02. The van der Waals surface area contributed by atoms with Crippen molar-refractivity contribution in [2.24, 2.45) is 0 Å². The Kier molecular flexibility index (Phi) is 3.73. The Morgan fingerprint density at radius 1 is 1.16 bits per heavy atom. The van der Waals surface area contributed by atoms with E-state index in [-0.39, 0.29) is 13.2 Å². The summed E-state index contributed by atoms with van der Waals surface area (Å²) in [7, 11) is 1.92. The lowest BCUT2D eigenvalue weighted by Crippen LogP contribution is -2.44. The summed E-state index contributed by atoms with van der Waals surface area (Å²) < 4.78 is 0. The number of rotatable bonds is 4. The van der Waals surface area contributed by atoms with Crippen molar-refractivity contribution >= 4 is 16.6 Å². The SMILES string of the molecule is CN(c1ncc(CO)c2ccccc12)C(C)(C)CO. The van der Waals surface area contributed by atoms with Crippen molar-refractivity contribution in [3.8, 4) is 0 Å².